The second-order valence-corrected chi connectivity index (χ2v) is 6.58. The Kier molecular flexibility index (Phi) is 3.54. The smallest absolute Gasteiger partial charge is 0.269 e. The Bertz CT molecular complexity index is 1010. The third-order valence-electron chi connectivity index (χ3n) is 4.61. The van der Waals surface area contributed by atoms with Gasteiger partial charge in [-0.25, -0.2) is 0 Å². The summed E-state index contributed by atoms with van der Waals surface area (Å²) in [7, 11) is 3.56. The van der Waals surface area contributed by atoms with E-state index in [2.05, 4.69) is 0 Å². The summed E-state index contributed by atoms with van der Waals surface area (Å²) < 4.78 is 3.37. The van der Waals surface area contributed by atoms with Gasteiger partial charge in [-0.1, -0.05) is 41.9 Å². The highest BCUT2D eigenvalue weighted by atomic mass is 35.5. The van der Waals surface area contributed by atoms with Crippen LogP contribution in [0, 0.1) is 0 Å². The second kappa shape index (κ2) is 5.63. The number of anilines is 1. The molecule has 1 atom stereocenters. The highest BCUT2D eigenvalue weighted by Gasteiger charge is 2.41. The van der Waals surface area contributed by atoms with Crippen LogP contribution in [0.15, 0.2) is 59.7 Å². The van der Waals surface area contributed by atoms with Crippen molar-refractivity contribution < 1.29 is 4.79 Å². The Labute approximate surface area is 149 Å². The van der Waals surface area contributed by atoms with E-state index < -0.39 is 0 Å². The highest BCUT2D eigenvalue weighted by Crippen LogP contribution is 2.41. The fourth-order valence-electron chi connectivity index (χ4n) is 3.43. The topological polar surface area (TPSA) is 47.2 Å². The maximum absolute atomic E-state index is 13.1. The lowest BCUT2D eigenvalue weighted by Crippen LogP contribution is -2.31. The number of aryl methyl sites for hydroxylation is 2. The molecule has 6 heteroatoms. The standard InChI is InChI=1S/C19H16ClN3O2/c1-21-9-8-14-17(21)16(12-6-4-3-5-7-12)23(18(14)24)13-10-15(20)19(25)22(2)11-13/h3-11,16H,1-2H3. The van der Waals surface area contributed by atoms with Crippen LogP contribution in [-0.4, -0.2) is 15.0 Å². The normalized spacial score (nSPS) is 16.4. The van der Waals surface area contributed by atoms with E-state index in [1.807, 2.05) is 54.2 Å². The third kappa shape index (κ3) is 2.31. The minimum absolute atomic E-state index is 0.0931. The van der Waals surface area contributed by atoms with E-state index in [9.17, 15) is 9.59 Å². The van der Waals surface area contributed by atoms with Crippen LogP contribution in [0.25, 0.3) is 0 Å². The Morgan fingerprint density at radius 3 is 2.40 bits per heavy atom. The molecule has 0 fully saturated rings. The van der Waals surface area contributed by atoms with Gasteiger partial charge in [0, 0.05) is 26.5 Å². The lowest BCUT2D eigenvalue weighted by Gasteiger charge is -2.27. The van der Waals surface area contributed by atoms with Gasteiger partial charge in [0.1, 0.15) is 11.1 Å². The molecule has 0 spiro atoms. The molecule has 0 radical (unpaired) electrons. The quantitative estimate of drug-likeness (QED) is 0.710. The van der Waals surface area contributed by atoms with Gasteiger partial charge in [0.25, 0.3) is 11.5 Å². The van der Waals surface area contributed by atoms with Crippen molar-refractivity contribution in [3.05, 3.63) is 87.1 Å². The van der Waals surface area contributed by atoms with E-state index in [4.69, 9.17) is 11.6 Å². The van der Waals surface area contributed by atoms with Gasteiger partial charge in [0.2, 0.25) is 0 Å². The van der Waals surface area contributed by atoms with E-state index in [0.29, 0.717) is 11.3 Å². The molecular formula is C19H16ClN3O2. The van der Waals surface area contributed by atoms with Crippen LogP contribution < -0.4 is 10.5 Å². The molecule has 1 aromatic carbocycles. The van der Waals surface area contributed by atoms with Crippen LogP contribution in [0.1, 0.15) is 27.7 Å². The number of carbonyl (C=O) groups excluding carboxylic acids is 1. The fraction of sp³-hybridized carbons (Fsp3) is 0.158. The molecular weight excluding hydrogens is 338 g/mol. The van der Waals surface area contributed by atoms with Crippen LogP contribution in [0.5, 0.6) is 0 Å². The molecule has 25 heavy (non-hydrogen) atoms. The van der Waals surface area contributed by atoms with Gasteiger partial charge < -0.3 is 9.13 Å². The minimum Gasteiger partial charge on any atom is -0.352 e. The summed E-state index contributed by atoms with van der Waals surface area (Å²) in [5.74, 6) is -0.0980. The number of nitrogens with zero attached hydrogens (tertiary/aromatic N) is 3. The first-order valence-electron chi connectivity index (χ1n) is 7.89. The summed E-state index contributed by atoms with van der Waals surface area (Å²) in [4.78, 5) is 26.7. The van der Waals surface area contributed by atoms with Gasteiger partial charge in [-0.05, 0) is 17.7 Å². The zero-order valence-corrected chi connectivity index (χ0v) is 14.6. The lowest BCUT2D eigenvalue weighted by molar-refractivity contribution is 0.0993. The van der Waals surface area contributed by atoms with Crippen molar-refractivity contribution >= 4 is 23.2 Å². The molecule has 0 saturated heterocycles. The Hall–Kier alpha value is -2.79. The predicted octanol–water partition coefficient (Wildman–Crippen LogP) is 3.13. The lowest BCUT2D eigenvalue weighted by atomic mass is 10.0. The molecule has 1 amide bonds. The first-order chi connectivity index (χ1) is 12.0. The highest BCUT2D eigenvalue weighted by molar-refractivity contribution is 6.30. The van der Waals surface area contributed by atoms with Crippen molar-refractivity contribution in [2.75, 3.05) is 4.90 Å². The Balaban J connectivity index is 1.95. The van der Waals surface area contributed by atoms with Crippen LogP contribution in [0.4, 0.5) is 5.69 Å². The van der Waals surface area contributed by atoms with E-state index in [1.165, 1.54) is 4.57 Å². The monoisotopic (exact) mass is 353 g/mol. The van der Waals surface area contributed by atoms with Crippen LogP contribution in [0.2, 0.25) is 5.02 Å². The minimum atomic E-state index is -0.286. The predicted molar refractivity (Wildman–Crippen MR) is 97.2 cm³/mol. The van der Waals surface area contributed by atoms with E-state index in [0.717, 1.165) is 11.3 Å². The Morgan fingerprint density at radius 1 is 1.00 bits per heavy atom. The van der Waals surface area contributed by atoms with Crippen molar-refractivity contribution in [1.82, 2.24) is 9.13 Å². The average Bonchev–Trinajstić information content (AvgIpc) is 3.12. The Morgan fingerprint density at radius 2 is 1.72 bits per heavy atom. The van der Waals surface area contributed by atoms with Crippen LogP contribution in [0.3, 0.4) is 0 Å². The molecule has 1 aliphatic rings. The molecule has 0 saturated carbocycles. The summed E-state index contributed by atoms with van der Waals surface area (Å²) in [6.07, 6.45) is 3.54. The third-order valence-corrected chi connectivity index (χ3v) is 4.88. The number of amides is 1. The molecule has 3 aromatic rings. The molecule has 0 N–H and O–H groups in total. The largest absolute Gasteiger partial charge is 0.352 e. The van der Waals surface area contributed by atoms with Gasteiger partial charge in [0.15, 0.2) is 0 Å². The van der Waals surface area contributed by atoms with Crippen molar-refractivity contribution in [3.8, 4) is 0 Å². The van der Waals surface area contributed by atoms with Crippen molar-refractivity contribution in [2.45, 2.75) is 6.04 Å². The molecule has 1 unspecified atom stereocenters. The van der Waals surface area contributed by atoms with E-state index >= 15 is 0 Å². The fourth-order valence-corrected chi connectivity index (χ4v) is 3.67. The molecule has 0 aliphatic carbocycles. The van der Waals surface area contributed by atoms with Crippen LogP contribution in [-0.2, 0) is 14.1 Å². The number of fused-ring (bicyclic) bond motifs is 1. The van der Waals surface area contributed by atoms with E-state index in [-0.39, 0.29) is 22.5 Å². The summed E-state index contributed by atoms with van der Waals surface area (Å²) in [5.41, 5.74) is 2.91. The molecule has 4 rings (SSSR count). The summed E-state index contributed by atoms with van der Waals surface area (Å²) in [6.45, 7) is 0. The first-order valence-corrected chi connectivity index (χ1v) is 8.26. The van der Waals surface area contributed by atoms with E-state index in [1.54, 1.807) is 24.2 Å². The number of aromatic nitrogens is 2. The number of pyridine rings is 1. The maximum Gasteiger partial charge on any atom is 0.269 e. The SMILES string of the molecule is Cn1ccc2c1C(c1ccccc1)N(c1cc(Cl)c(=O)n(C)c1)C2=O. The first kappa shape index (κ1) is 15.7. The van der Waals surface area contributed by atoms with Gasteiger partial charge >= 0.3 is 0 Å². The average molecular weight is 354 g/mol. The molecule has 1 aliphatic heterocycles. The number of rotatable bonds is 2. The number of hydrogen-bond donors (Lipinski definition) is 0. The van der Waals surface area contributed by atoms with Crippen molar-refractivity contribution in [3.63, 3.8) is 0 Å². The van der Waals surface area contributed by atoms with Crippen molar-refractivity contribution in [2.24, 2.45) is 14.1 Å². The summed E-state index contributed by atoms with van der Waals surface area (Å²) in [5, 5.41) is 0.0931. The molecule has 0 bridgehead atoms. The van der Waals surface area contributed by atoms with Crippen LogP contribution >= 0.6 is 11.6 Å². The zero-order chi connectivity index (χ0) is 17.7. The maximum atomic E-state index is 13.1. The summed E-state index contributed by atoms with van der Waals surface area (Å²) in [6, 6.07) is 13.0. The molecule has 3 heterocycles. The number of halogens is 1. The number of hydrogen-bond acceptors (Lipinski definition) is 2. The van der Waals surface area contributed by atoms with Gasteiger partial charge in [-0.2, -0.15) is 0 Å². The second-order valence-electron chi connectivity index (χ2n) is 6.18. The number of benzene rings is 1. The zero-order valence-electron chi connectivity index (χ0n) is 13.8. The molecule has 126 valence electrons. The van der Waals surface area contributed by atoms with Gasteiger partial charge in [0.05, 0.1) is 16.9 Å². The number of carbonyl (C=O) groups is 1. The van der Waals surface area contributed by atoms with Gasteiger partial charge in [-0.3, -0.25) is 14.5 Å². The molecule has 2 aromatic heterocycles. The molecule has 5 nitrogen and oxygen atoms in total. The van der Waals surface area contributed by atoms with Crippen molar-refractivity contribution in [1.29, 1.82) is 0 Å². The summed E-state index contributed by atoms with van der Waals surface area (Å²) >= 11 is 6.08. The van der Waals surface area contributed by atoms with Gasteiger partial charge in [-0.15, -0.1) is 0 Å².